The van der Waals surface area contributed by atoms with Gasteiger partial charge in [0.05, 0.1) is 28.3 Å². The third-order valence-electron chi connectivity index (χ3n) is 5.89. The van der Waals surface area contributed by atoms with Crippen molar-refractivity contribution in [3.8, 4) is 0 Å². The number of hydrogen-bond donors (Lipinski definition) is 0. The van der Waals surface area contributed by atoms with Crippen LogP contribution in [0.2, 0.25) is 0 Å². The summed E-state index contributed by atoms with van der Waals surface area (Å²) in [6.45, 7) is 3.72. The van der Waals surface area contributed by atoms with Gasteiger partial charge in [0.1, 0.15) is 5.82 Å². The number of halogens is 1. The van der Waals surface area contributed by atoms with Crippen molar-refractivity contribution in [2.75, 3.05) is 57.4 Å². The SMILES string of the molecule is O=C(c1ccc(S(=O)(=O)N2CCOCC2)cc1)N1CCN(c2nc3ccc(F)cc3s2)CC1. The molecule has 0 unspecified atom stereocenters. The first-order valence-electron chi connectivity index (χ1n) is 10.7. The van der Waals surface area contributed by atoms with E-state index in [9.17, 15) is 17.6 Å². The van der Waals surface area contributed by atoms with Crippen molar-refractivity contribution in [1.82, 2.24) is 14.2 Å². The van der Waals surface area contributed by atoms with Gasteiger partial charge in [-0.05, 0) is 42.5 Å². The summed E-state index contributed by atoms with van der Waals surface area (Å²) in [5.74, 6) is -0.409. The molecular formula is C22H23FN4O4S2. The number of rotatable bonds is 4. The monoisotopic (exact) mass is 490 g/mol. The summed E-state index contributed by atoms with van der Waals surface area (Å²) in [5.41, 5.74) is 1.22. The van der Waals surface area contributed by atoms with Gasteiger partial charge in [0.15, 0.2) is 5.13 Å². The highest BCUT2D eigenvalue weighted by molar-refractivity contribution is 7.89. The number of ether oxygens (including phenoxy) is 1. The van der Waals surface area contributed by atoms with E-state index < -0.39 is 10.0 Å². The topological polar surface area (TPSA) is 83.0 Å². The molecular weight excluding hydrogens is 467 g/mol. The third kappa shape index (κ3) is 4.45. The molecule has 0 saturated carbocycles. The standard InChI is InChI=1S/C22H23FN4O4S2/c23-17-3-6-19-20(15-17)32-22(24-19)26-9-7-25(8-10-26)21(28)16-1-4-18(5-2-16)33(29,30)27-11-13-31-14-12-27/h1-6,15H,7-14H2. The van der Waals surface area contributed by atoms with Crippen LogP contribution in [0.3, 0.4) is 0 Å². The van der Waals surface area contributed by atoms with Crippen molar-refractivity contribution in [3.63, 3.8) is 0 Å². The number of nitrogens with zero attached hydrogens (tertiary/aromatic N) is 4. The number of thiazole rings is 1. The van der Waals surface area contributed by atoms with Crippen LogP contribution in [0.15, 0.2) is 47.4 Å². The molecule has 0 bridgehead atoms. The van der Waals surface area contributed by atoms with Crippen LogP contribution in [0.5, 0.6) is 0 Å². The second-order valence-corrected chi connectivity index (χ2v) is 10.9. The Morgan fingerprint density at radius 1 is 0.970 bits per heavy atom. The van der Waals surface area contributed by atoms with E-state index in [2.05, 4.69) is 9.88 Å². The van der Waals surface area contributed by atoms with E-state index in [1.165, 1.54) is 39.9 Å². The number of amides is 1. The fourth-order valence-corrected chi connectivity index (χ4v) is 6.46. The summed E-state index contributed by atoms with van der Waals surface area (Å²) < 4.78 is 46.4. The first-order valence-corrected chi connectivity index (χ1v) is 13.0. The molecule has 1 amide bonds. The number of aromatic nitrogens is 1. The second-order valence-electron chi connectivity index (χ2n) is 7.93. The van der Waals surface area contributed by atoms with Crippen LogP contribution < -0.4 is 4.90 Å². The molecule has 2 aliphatic heterocycles. The number of anilines is 1. The molecule has 2 saturated heterocycles. The van der Waals surface area contributed by atoms with Gasteiger partial charge in [-0.1, -0.05) is 11.3 Å². The zero-order valence-electron chi connectivity index (χ0n) is 17.8. The van der Waals surface area contributed by atoms with Crippen molar-refractivity contribution in [3.05, 3.63) is 53.8 Å². The van der Waals surface area contributed by atoms with Crippen molar-refractivity contribution >= 4 is 42.6 Å². The van der Waals surface area contributed by atoms with E-state index in [1.54, 1.807) is 23.1 Å². The van der Waals surface area contributed by atoms with E-state index >= 15 is 0 Å². The number of hydrogen-bond acceptors (Lipinski definition) is 7. The van der Waals surface area contributed by atoms with E-state index in [1.807, 2.05) is 0 Å². The molecule has 11 heteroatoms. The van der Waals surface area contributed by atoms with Gasteiger partial charge in [-0.3, -0.25) is 4.79 Å². The van der Waals surface area contributed by atoms with Crippen LogP contribution in [0.25, 0.3) is 10.2 Å². The quantitative estimate of drug-likeness (QED) is 0.559. The molecule has 0 aliphatic carbocycles. The second kappa shape index (κ2) is 8.98. The molecule has 0 radical (unpaired) electrons. The van der Waals surface area contributed by atoms with Crippen LogP contribution in [0.4, 0.5) is 9.52 Å². The van der Waals surface area contributed by atoms with Gasteiger partial charge in [0.25, 0.3) is 5.91 Å². The molecule has 3 heterocycles. The lowest BCUT2D eigenvalue weighted by molar-refractivity contribution is 0.0730. The van der Waals surface area contributed by atoms with Crippen LogP contribution in [0.1, 0.15) is 10.4 Å². The van der Waals surface area contributed by atoms with E-state index in [4.69, 9.17) is 4.74 Å². The number of carbonyl (C=O) groups is 1. The van der Waals surface area contributed by atoms with Crippen LogP contribution in [-0.4, -0.2) is 81.0 Å². The van der Waals surface area contributed by atoms with Crippen LogP contribution >= 0.6 is 11.3 Å². The summed E-state index contributed by atoms with van der Waals surface area (Å²) in [5, 5.41) is 0.820. The Morgan fingerprint density at radius 2 is 1.67 bits per heavy atom. The summed E-state index contributed by atoms with van der Waals surface area (Å²) >= 11 is 1.44. The Morgan fingerprint density at radius 3 is 2.36 bits per heavy atom. The average molecular weight is 491 g/mol. The zero-order chi connectivity index (χ0) is 23.0. The third-order valence-corrected chi connectivity index (χ3v) is 8.88. The molecule has 0 atom stereocenters. The first-order chi connectivity index (χ1) is 15.9. The maximum atomic E-state index is 13.5. The van der Waals surface area contributed by atoms with Gasteiger partial charge in [0, 0.05) is 44.8 Å². The lowest BCUT2D eigenvalue weighted by atomic mass is 10.2. The summed E-state index contributed by atoms with van der Waals surface area (Å²) in [6, 6.07) is 10.7. The summed E-state index contributed by atoms with van der Waals surface area (Å²) in [4.78, 5) is 21.6. The Balaban J connectivity index is 1.23. The van der Waals surface area contributed by atoms with Crippen LogP contribution in [-0.2, 0) is 14.8 Å². The van der Waals surface area contributed by atoms with Crippen molar-refractivity contribution in [2.45, 2.75) is 4.90 Å². The minimum atomic E-state index is -3.59. The minimum absolute atomic E-state index is 0.128. The van der Waals surface area contributed by atoms with E-state index in [-0.39, 0.29) is 16.6 Å². The van der Waals surface area contributed by atoms with Gasteiger partial charge in [-0.2, -0.15) is 4.31 Å². The van der Waals surface area contributed by atoms with Crippen molar-refractivity contribution < 1.29 is 22.3 Å². The van der Waals surface area contributed by atoms with Gasteiger partial charge >= 0.3 is 0 Å². The highest BCUT2D eigenvalue weighted by Gasteiger charge is 2.28. The number of benzene rings is 2. The Kier molecular flexibility index (Phi) is 6.04. The summed E-state index contributed by atoms with van der Waals surface area (Å²) in [6.07, 6.45) is 0. The van der Waals surface area contributed by atoms with Crippen molar-refractivity contribution in [1.29, 1.82) is 0 Å². The minimum Gasteiger partial charge on any atom is -0.379 e. The number of fused-ring (bicyclic) bond motifs is 1. The van der Waals surface area contributed by atoms with Gasteiger partial charge in [-0.25, -0.2) is 17.8 Å². The maximum Gasteiger partial charge on any atom is 0.253 e. The molecule has 3 aromatic rings. The fourth-order valence-electron chi connectivity index (χ4n) is 4.01. The predicted molar refractivity (Wildman–Crippen MR) is 124 cm³/mol. The molecule has 174 valence electrons. The highest BCUT2D eigenvalue weighted by atomic mass is 32.2. The van der Waals surface area contributed by atoms with Crippen molar-refractivity contribution in [2.24, 2.45) is 0 Å². The predicted octanol–water partition coefficient (Wildman–Crippen LogP) is 2.42. The lowest BCUT2D eigenvalue weighted by Gasteiger charge is -2.34. The Hall–Kier alpha value is -2.60. The van der Waals surface area contributed by atoms with Crippen LogP contribution in [0, 0.1) is 5.82 Å². The largest absolute Gasteiger partial charge is 0.379 e. The molecule has 0 N–H and O–H groups in total. The normalized spacial score (nSPS) is 18.1. The highest BCUT2D eigenvalue weighted by Crippen LogP contribution is 2.30. The number of morpholine rings is 1. The van der Waals surface area contributed by atoms with E-state index in [0.717, 1.165) is 15.3 Å². The zero-order valence-corrected chi connectivity index (χ0v) is 19.4. The molecule has 2 fully saturated rings. The van der Waals surface area contributed by atoms with Gasteiger partial charge in [-0.15, -0.1) is 0 Å². The summed E-state index contributed by atoms with van der Waals surface area (Å²) in [7, 11) is -3.59. The van der Waals surface area contributed by atoms with Gasteiger partial charge in [0.2, 0.25) is 10.0 Å². The number of sulfonamides is 1. The molecule has 2 aliphatic rings. The van der Waals surface area contributed by atoms with Gasteiger partial charge < -0.3 is 14.5 Å². The smallest absolute Gasteiger partial charge is 0.253 e. The average Bonchev–Trinajstić information content (AvgIpc) is 3.27. The number of carbonyl (C=O) groups excluding carboxylic acids is 1. The molecule has 8 nitrogen and oxygen atoms in total. The Labute approximate surface area is 195 Å². The first kappa shape index (κ1) is 22.2. The lowest BCUT2D eigenvalue weighted by Crippen LogP contribution is -2.48. The van der Waals surface area contributed by atoms with E-state index in [0.29, 0.717) is 58.0 Å². The maximum absolute atomic E-state index is 13.5. The molecule has 1 aromatic heterocycles. The molecule has 2 aromatic carbocycles. The Bertz CT molecular complexity index is 1270. The molecule has 0 spiro atoms. The number of piperazine rings is 1. The molecule has 33 heavy (non-hydrogen) atoms. The fraction of sp³-hybridized carbons (Fsp3) is 0.364. The molecule has 5 rings (SSSR count).